The van der Waals surface area contributed by atoms with E-state index in [0.29, 0.717) is 5.56 Å². The van der Waals surface area contributed by atoms with Crippen molar-refractivity contribution in [1.29, 1.82) is 0 Å². The molecule has 3 aromatic rings. The molecular weight excluding hydrogens is 467 g/mol. The van der Waals surface area contributed by atoms with Crippen LogP contribution in [0, 0.1) is 0 Å². The quantitative estimate of drug-likeness (QED) is 0.239. The van der Waals surface area contributed by atoms with E-state index in [2.05, 4.69) is 21.1 Å². The number of hydrogen-bond acceptors (Lipinski definition) is 6. The van der Waals surface area contributed by atoms with Gasteiger partial charge < -0.3 is 5.32 Å². The first-order chi connectivity index (χ1) is 15.9. The van der Waals surface area contributed by atoms with Crippen molar-refractivity contribution in [3.8, 4) is 0 Å². The number of halogens is 2. The fourth-order valence-electron chi connectivity index (χ4n) is 3.32. The Balaban J connectivity index is 1.45. The number of amides is 2. The minimum Gasteiger partial charge on any atom is -0.324 e. The molecule has 0 saturated carbocycles. The monoisotopic (exact) mass is 480 g/mol. The summed E-state index contributed by atoms with van der Waals surface area (Å²) in [6.07, 6.45) is -0.556. The lowest BCUT2D eigenvalue weighted by Crippen LogP contribution is -2.24. The van der Waals surface area contributed by atoms with E-state index < -0.39 is 18.2 Å². The molecule has 1 aliphatic rings. The van der Waals surface area contributed by atoms with Gasteiger partial charge >= 0.3 is 0 Å². The number of ketones is 2. The summed E-state index contributed by atoms with van der Waals surface area (Å²) in [5.74, 6) is -2.04. The number of carbonyl (C=O) groups is 4. The summed E-state index contributed by atoms with van der Waals surface area (Å²) in [5.41, 5.74) is 3.43. The lowest BCUT2D eigenvalue weighted by atomic mass is 9.83. The Morgan fingerprint density at radius 3 is 2.21 bits per heavy atom. The molecule has 0 spiro atoms. The average molecular weight is 481 g/mol. The van der Waals surface area contributed by atoms with E-state index in [1.165, 1.54) is 12.1 Å². The van der Waals surface area contributed by atoms with E-state index >= 15 is 0 Å². The largest absolute Gasteiger partial charge is 0.324 e. The molecular formula is C23H14Cl2N4O4. The molecule has 0 aromatic heterocycles. The zero-order valence-electron chi connectivity index (χ0n) is 16.8. The molecule has 1 aliphatic carbocycles. The average Bonchev–Trinajstić information content (AvgIpc) is 2.80. The van der Waals surface area contributed by atoms with E-state index in [9.17, 15) is 19.2 Å². The van der Waals surface area contributed by atoms with Crippen molar-refractivity contribution in [2.24, 2.45) is 10.3 Å². The first-order valence-electron chi connectivity index (χ1n) is 9.61. The third-order valence-electron chi connectivity index (χ3n) is 4.81. The second kappa shape index (κ2) is 9.32. The van der Waals surface area contributed by atoms with E-state index in [4.69, 9.17) is 23.2 Å². The van der Waals surface area contributed by atoms with Gasteiger partial charge in [-0.2, -0.15) is 0 Å². The Labute approximate surface area is 197 Å². The molecule has 0 fully saturated rings. The van der Waals surface area contributed by atoms with Crippen LogP contribution in [0.15, 0.2) is 71.0 Å². The zero-order valence-corrected chi connectivity index (χ0v) is 18.3. The number of nitrogens with zero attached hydrogens (tertiary/aromatic N) is 2. The van der Waals surface area contributed by atoms with Crippen LogP contribution in [0.4, 0.5) is 11.4 Å². The number of fused-ring (bicyclic) bond motifs is 2. The van der Waals surface area contributed by atoms with Crippen molar-refractivity contribution < 1.29 is 19.2 Å². The Hall–Kier alpha value is -3.88. The van der Waals surface area contributed by atoms with Gasteiger partial charge in [0.15, 0.2) is 11.6 Å². The summed E-state index contributed by atoms with van der Waals surface area (Å²) >= 11 is 11.9. The van der Waals surface area contributed by atoms with Crippen LogP contribution in [-0.2, 0) is 9.59 Å². The molecule has 164 valence electrons. The Morgan fingerprint density at radius 1 is 0.788 bits per heavy atom. The molecule has 0 saturated heterocycles. The van der Waals surface area contributed by atoms with Gasteiger partial charge in [-0.25, -0.2) is 5.43 Å². The summed E-state index contributed by atoms with van der Waals surface area (Å²) in [6, 6.07) is 15.8. The predicted octanol–water partition coefficient (Wildman–Crippen LogP) is 4.91. The lowest BCUT2D eigenvalue weighted by Gasteiger charge is -2.18. The highest BCUT2D eigenvalue weighted by atomic mass is 35.5. The topological polar surface area (TPSA) is 117 Å². The minimum atomic E-state index is -0.744. The number of carbonyl (C=O) groups excluding carboxylic acids is 4. The number of hydrogen-bond donors (Lipinski definition) is 2. The molecule has 2 amide bonds. The third kappa shape index (κ3) is 4.52. The van der Waals surface area contributed by atoms with Gasteiger partial charge in [0, 0.05) is 16.7 Å². The van der Waals surface area contributed by atoms with Crippen molar-refractivity contribution in [3.05, 3.63) is 93.0 Å². The zero-order chi connectivity index (χ0) is 23.5. The molecule has 2 N–H and O–H groups in total. The van der Waals surface area contributed by atoms with Crippen LogP contribution in [0.3, 0.4) is 0 Å². The SMILES string of the molecule is O=C(CC(=O)Nc1cccc(Cl)c1Cl)NN=Nc1cccc2c1C(=O)c1ccccc1C2=O. The molecule has 0 radical (unpaired) electrons. The maximum atomic E-state index is 12.9. The number of rotatable bonds is 5. The number of anilines is 1. The smallest absolute Gasteiger partial charge is 0.250 e. The maximum Gasteiger partial charge on any atom is 0.250 e. The Bertz CT molecular complexity index is 1350. The van der Waals surface area contributed by atoms with Gasteiger partial charge in [-0.15, -0.1) is 5.11 Å². The highest BCUT2D eigenvalue weighted by Crippen LogP contribution is 2.33. The van der Waals surface area contributed by atoms with Gasteiger partial charge in [-0.1, -0.05) is 70.9 Å². The fraction of sp³-hybridized carbons (Fsp3) is 0.0435. The van der Waals surface area contributed by atoms with Crippen molar-refractivity contribution in [2.75, 3.05) is 5.32 Å². The predicted molar refractivity (Wildman–Crippen MR) is 122 cm³/mol. The molecule has 8 nitrogen and oxygen atoms in total. The van der Waals surface area contributed by atoms with Crippen molar-refractivity contribution in [1.82, 2.24) is 5.43 Å². The normalized spacial score (nSPS) is 12.3. The maximum absolute atomic E-state index is 12.9. The molecule has 0 heterocycles. The first kappa shape index (κ1) is 22.3. The van der Waals surface area contributed by atoms with Gasteiger partial charge in [0.2, 0.25) is 5.91 Å². The first-order valence-corrected chi connectivity index (χ1v) is 10.4. The summed E-state index contributed by atoms with van der Waals surface area (Å²) in [5, 5.41) is 10.4. The van der Waals surface area contributed by atoms with Crippen LogP contribution < -0.4 is 10.7 Å². The van der Waals surface area contributed by atoms with Crippen LogP contribution >= 0.6 is 23.2 Å². The second-order valence-corrected chi connectivity index (χ2v) is 7.75. The van der Waals surface area contributed by atoms with Crippen molar-refractivity contribution in [3.63, 3.8) is 0 Å². The van der Waals surface area contributed by atoms with Crippen molar-refractivity contribution >= 4 is 58.0 Å². The van der Waals surface area contributed by atoms with Gasteiger partial charge in [0.05, 0.1) is 27.0 Å². The standard InChI is InChI=1S/C23H14Cl2N4O4/c24-15-8-4-10-17(21(15)25)26-18(30)11-19(31)28-29-27-16-9-3-7-14-20(16)23(33)13-6-2-1-5-12(13)22(14)32/h1-10H,11H2,(H,26,30)(H,27,28,31). The third-order valence-corrected chi connectivity index (χ3v) is 5.63. The van der Waals surface area contributed by atoms with Crippen LogP contribution in [-0.4, -0.2) is 23.4 Å². The van der Waals surface area contributed by atoms with Gasteiger partial charge in [0.25, 0.3) is 5.91 Å². The molecule has 0 atom stereocenters. The Morgan fingerprint density at radius 2 is 1.45 bits per heavy atom. The van der Waals surface area contributed by atoms with E-state index in [1.807, 2.05) is 0 Å². The summed E-state index contributed by atoms with van der Waals surface area (Å²) in [6.45, 7) is 0. The molecule has 4 rings (SSSR count). The summed E-state index contributed by atoms with van der Waals surface area (Å²) < 4.78 is 0. The highest BCUT2D eigenvalue weighted by molar-refractivity contribution is 6.44. The fourth-order valence-corrected chi connectivity index (χ4v) is 3.67. The number of nitrogens with one attached hydrogen (secondary N) is 2. The molecule has 0 bridgehead atoms. The molecule has 0 unspecified atom stereocenters. The minimum absolute atomic E-state index is 0.104. The van der Waals surface area contributed by atoms with Crippen molar-refractivity contribution in [2.45, 2.75) is 6.42 Å². The van der Waals surface area contributed by atoms with Crippen LogP contribution in [0.5, 0.6) is 0 Å². The summed E-state index contributed by atoms with van der Waals surface area (Å²) in [7, 11) is 0. The number of benzene rings is 3. The lowest BCUT2D eigenvalue weighted by molar-refractivity contribution is -0.126. The molecule has 10 heteroatoms. The van der Waals surface area contributed by atoms with Crippen LogP contribution in [0.1, 0.15) is 38.3 Å². The van der Waals surface area contributed by atoms with E-state index in [-0.39, 0.29) is 49.7 Å². The van der Waals surface area contributed by atoms with Crippen LogP contribution in [0.2, 0.25) is 10.0 Å². The Kier molecular flexibility index (Phi) is 6.30. The molecule has 3 aromatic carbocycles. The van der Waals surface area contributed by atoms with Gasteiger partial charge in [0.1, 0.15) is 6.42 Å². The van der Waals surface area contributed by atoms with E-state index in [1.54, 1.807) is 48.5 Å². The highest BCUT2D eigenvalue weighted by Gasteiger charge is 2.31. The molecule has 33 heavy (non-hydrogen) atoms. The summed E-state index contributed by atoms with van der Waals surface area (Å²) in [4.78, 5) is 49.8. The van der Waals surface area contributed by atoms with Crippen LogP contribution in [0.25, 0.3) is 0 Å². The second-order valence-electron chi connectivity index (χ2n) is 6.96. The molecule has 0 aliphatic heterocycles. The van der Waals surface area contributed by atoms with E-state index in [0.717, 1.165) is 0 Å². The van der Waals surface area contributed by atoms with Gasteiger partial charge in [-0.3, -0.25) is 19.2 Å². The van der Waals surface area contributed by atoms with Gasteiger partial charge in [-0.05, 0) is 18.2 Å².